The molecule has 62 valence electrons. The van der Waals surface area contributed by atoms with Gasteiger partial charge in [0.25, 0.3) is 0 Å². The zero-order valence-electron chi connectivity index (χ0n) is 7.16. The van der Waals surface area contributed by atoms with Gasteiger partial charge in [0.1, 0.15) is 0 Å². The van der Waals surface area contributed by atoms with Gasteiger partial charge in [-0.3, -0.25) is 9.69 Å². The van der Waals surface area contributed by atoms with Crippen molar-refractivity contribution in [3.63, 3.8) is 0 Å². The third-order valence-electron chi connectivity index (χ3n) is 1.15. The van der Waals surface area contributed by atoms with Crippen molar-refractivity contribution < 1.29 is 4.79 Å². The van der Waals surface area contributed by atoms with Crippen LogP contribution in [0.15, 0.2) is 24.6 Å². The van der Waals surface area contributed by atoms with Crippen LogP contribution in [-0.2, 0) is 4.79 Å². The van der Waals surface area contributed by atoms with Gasteiger partial charge in [-0.1, -0.05) is 26.0 Å². The summed E-state index contributed by atoms with van der Waals surface area (Å²) < 4.78 is 0. The maximum absolute atomic E-state index is 10.3. The van der Waals surface area contributed by atoms with Crippen LogP contribution in [0, 0.1) is 0 Å². The molecule has 0 heterocycles. The Morgan fingerprint density at radius 1 is 1.09 bits per heavy atom. The van der Waals surface area contributed by atoms with Crippen molar-refractivity contribution in [2.45, 2.75) is 26.7 Å². The Bertz CT molecular complexity index is 136. The lowest BCUT2D eigenvalue weighted by molar-refractivity contribution is -0.114. The van der Waals surface area contributed by atoms with E-state index in [-0.39, 0.29) is 0 Å². The quantitative estimate of drug-likeness (QED) is 0.555. The fourth-order valence-corrected chi connectivity index (χ4v) is 0.574. The number of amides is 1. The molecule has 0 spiro atoms. The summed E-state index contributed by atoms with van der Waals surface area (Å²) in [6.45, 7) is 4.06. The van der Waals surface area contributed by atoms with E-state index >= 15 is 0 Å². The maximum atomic E-state index is 10.3. The monoisotopic (exact) mass is 153 g/mol. The van der Waals surface area contributed by atoms with Crippen molar-refractivity contribution in [2.24, 2.45) is 0 Å². The first-order valence-electron chi connectivity index (χ1n) is 3.91. The number of hydrogen-bond donors (Lipinski definition) is 0. The number of nitrogens with zero attached hydrogens (tertiary/aromatic N) is 1. The van der Waals surface area contributed by atoms with Gasteiger partial charge in [0.15, 0.2) is 0 Å². The number of allylic oxidation sites excluding steroid dienone is 2. The van der Waals surface area contributed by atoms with Crippen molar-refractivity contribution in [3.8, 4) is 0 Å². The van der Waals surface area contributed by atoms with Gasteiger partial charge in [0.2, 0.25) is 6.41 Å². The fourth-order valence-electron chi connectivity index (χ4n) is 0.574. The summed E-state index contributed by atoms with van der Waals surface area (Å²) in [4.78, 5) is 11.8. The number of carbonyl (C=O) groups is 1. The molecule has 0 radical (unpaired) electrons. The Balaban J connectivity index is 3.85. The zero-order chi connectivity index (χ0) is 8.53. The van der Waals surface area contributed by atoms with Gasteiger partial charge in [-0.2, -0.15) is 0 Å². The van der Waals surface area contributed by atoms with Crippen molar-refractivity contribution in [1.82, 2.24) is 4.90 Å². The topological polar surface area (TPSA) is 20.3 Å². The highest BCUT2D eigenvalue weighted by atomic mass is 16.1. The first-order chi connectivity index (χ1) is 5.35. The molecule has 0 fully saturated rings. The Labute approximate surface area is 68.2 Å². The minimum Gasteiger partial charge on any atom is -0.298 e. The minimum absolute atomic E-state index is 0.790. The van der Waals surface area contributed by atoms with Crippen LogP contribution in [0.4, 0.5) is 0 Å². The first-order valence-corrected chi connectivity index (χ1v) is 3.91. The van der Waals surface area contributed by atoms with E-state index in [4.69, 9.17) is 0 Å². The van der Waals surface area contributed by atoms with Gasteiger partial charge in [0, 0.05) is 12.4 Å². The van der Waals surface area contributed by atoms with Crippen LogP contribution < -0.4 is 0 Å². The standard InChI is InChI=1S/C9H15NO/c1-3-5-7-10(9-11)8-6-4-2/h5-9H,3-4H2,1-2H3/b7-5+,8-6+. The van der Waals surface area contributed by atoms with Crippen LogP contribution >= 0.6 is 0 Å². The minimum atomic E-state index is 0.790. The lowest BCUT2D eigenvalue weighted by Gasteiger charge is -2.02. The molecule has 0 saturated carbocycles. The summed E-state index contributed by atoms with van der Waals surface area (Å²) in [7, 11) is 0. The average molecular weight is 153 g/mol. The first kappa shape index (κ1) is 9.95. The van der Waals surface area contributed by atoms with Crippen molar-refractivity contribution in [1.29, 1.82) is 0 Å². The molecule has 0 bridgehead atoms. The Morgan fingerprint density at radius 2 is 1.55 bits per heavy atom. The third-order valence-corrected chi connectivity index (χ3v) is 1.15. The van der Waals surface area contributed by atoms with E-state index in [9.17, 15) is 4.79 Å². The van der Waals surface area contributed by atoms with Gasteiger partial charge in [-0.25, -0.2) is 0 Å². The predicted octanol–water partition coefficient (Wildman–Crippen LogP) is 2.29. The predicted molar refractivity (Wildman–Crippen MR) is 46.8 cm³/mol. The van der Waals surface area contributed by atoms with E-state index in [1.54, 1.807) is 12.4 Å². The van der Waals surface area contributed by atoms with Gasteiger partial charge in [0.05, 0.1) is 0 Å². The van der Waals surface area contributed by atoms with Crippen LogP contribution in [0.3, 0.4) is 0 Å². The van der Waals surface area contributed by atoms with E-state index < -0.39 is 0 Å². The lowest BCUT2D eigenvalue weighted by atomic mass is 10.4. The van der Waals surface area contributed by atoms with E-state index in [1.807, 2.05) is 26.0 Å². The summed E-state index contributed by atoms with van der Waals surface area (Å²) in [6, 6.07) is 0. The second kappa shape index (κ2) is 7.06. The van der Waals surface area contributed by atoms with Crippen molar-refractivity contribution >= 4 is 6.41 Å². The largest absolute Gasteiger partial charge is 0.298 e. The summed E-state index contributed by atoms with van der Waals surface area (Å²) in [5.74, 6) is 0. The molecule has 0 N–H and O–H groups in total. The molecule has 1 amide bonds. The lowest BCUT2D eigenvalue weighted by Crippen LogP contribution is -2.04. The molecular formula is C9H15NO. The smallest absolute Gasteiger partial charge is 0.217 e. The van der Waals surface area contributed by atoms with Crippen LogP contribution in [0.1, 0.15) is 26.7 Å². The second-order valence-electron chi connectivity index (χ2n) is 2.14. The third kappa shape index (κ3) is 5.40. The second-order valence-corrected chi connectivity index (χ2v) is 2.14. The van der Waals surface area contributed by atoms with E-state index in [2.05, 4.69) is 0 Å². The Kier molecular flexibility index (Phi) is 6.39. The summed E-state index contributed by atoms with van der Waals surface area (Å²) in [6.07, 6.45) is 10.1. The van der Waals surface area contributed by atoms with E-state index in [0.29, 0.717) is 0 Å². The van der Waals surface area contributed by atoms with Crippen molar-refractivity contribution in [2.75, 3.05) is 0 Å². The Morgan fingerprint density at radius 3 is 1.82 bits per heavy atom. The molecule has 0 atom stereocenters. The molecule has 0 unspecified atom stereocenters. The molecule has 0 aliphatic carbocycles. The molecule has 0 aliphatic rings. The van der Waals surface area contributed by atoms with Gasteiger partial charge >= 0.3 is 0 Å². The van der Waals surface area contributed by atoms with Crippen LogP contribution in [-0.4, -0.2) is 11.3 Å². The highest BCUT2D eigenvalue weighted by Gasteiger charge is 1.85. The molecule has 2 nitrogen and oxygen atoms in total. The zero-order valence-corrected chi connectivity index (χ0v) is 7.16. The van der Waals surface area contributed by atoms with Crippen LogP contribution in [0.25, 0.3) is 0 Å². The molecule has 11 heavy (non-hydrogen) atoms. The summed E-state index contributed by atoms with van der Waals surface area (Å²) in [5, 5.41) is 0. The highest BCUT2D eigenvalue weighted by molar-refractivity contribution is 5.50. The van der Waals surface area contributed by atoms with E-state index in [1.165, 1.54) is 4.90 Å². The van der Waals surface area contributed by atoms with Crippen LogP contribution in [0.2, 0.25) is 0 Å². The average Bonchev–Trinajstić information content (AvgIpc) is 2.05. The molecule has 0 rings (SSSR count). The highest BCUT2D eigenvalue weighted by Crippen LogP contribution is 1.90. The van der Waals surface area contributed by atoms with Gasteiger partial charge in [-0.05, 0) is 12.8 Å². The molecular weight excluding hydrogens is 138 g/mol. The summed E-state index contributed by atoms with van der Waals surface area (Å²) >= 11 is 0. The van der Waals surface area contributed by atoms with Crippen molar-refractivity contribution in [3.05, 3.63) is 24.6 Å². The Hall–Kier alpha value is -1.05. The van der Waals surface area contributed by atoms with Crippen LogP contribution in [0.5, 0.6) is 0 Å². The van der Waals surface area contributed by atoms with Gasteiger partial charge in [-0.15, -0.1) is 0 Å². The normalized spacial score (nSPS) is 11.1. The number of rotatable bonds is 5. The van der Waals surface area contributed by atoms with E-state index in [0.717, 1.165) is 19.3 Å². The molecule has 0 aromatic rings. The number of carbonyl (C=O) groups excluding carboxylic acids is 1. The molecule has 0 aromatic carbocycles. The summed E-state index contributed by atoms with van der Waals surface area (Å²) in [5.41, 5.74) is 0. The maximum Gasteiger partial charge on any atom is 0.217 e. The molecule has 0 aliphatic heterocycles. The molecule has 0 aromatic heterocycles. The SMILES string of the molecule is CC/C=C/N(C=O)/C=C/CC. The molecule has 0 saturated heterocycles. The fraction of sp³-hybridized carbons (Fsp3) is 0.444. The van der Waals surface area contributed by atoms with Gasteiger partial charge < -0.3 is 0 Å². The molecule has 2 heteroatoms. The number of hydrogen-bond acceptors (Lipinski definition) is 1.